The third-order valence-electron chi connectivity index (χ3n) is 3.55. The molecule has 0 atom stereocenters. The number of benzene rings is 1. The van der Waals surface area contributed by atoms with Crippen LogP contribution in [0.25, 0.3) is 0 Å². The van der Waals surface area contributed by atoms with Gasteiger partial charge in [0.25, 0.3) is 0 Å². The van der Waals surface area contributed by atoms with Crippen molar-refractivity contribution in [1.29, 1.82) is 0 Å². The molecule has 0 bridgehead atoms. The summed E-state index contributed by atoms with van der Waals surface area (Å²) in [6.07, 6.45) is 0.723. The lowest BCUT2D eigenvalue weighted by Gasteiger charge is -2.17. The summed E-state index contributed by atoms with van der Waals surface area (Å²) in [7, 11) is 0.241. The maximum absolute atomic E-state index is 11.6. The maximum atomic E-state index is 11.6. The van der Waals surface area contributed by atoms with E-state index in [0.29, 0.717) is 25.6 Å². The molecular weight excluding hydrogens is 312 g/mol. The lowest BCUT2D eigenvalue weighted by molar-refractivity contribution is 0.461. The van der Waals surface area contributed by atoms with E-state index in [-0.39, 0.29) is 5.75 Å². The van der Waals surface area contributed by atoms with Gasteiger partial charge in [-0.05, 0) is 25.8 Å². The van der Waals surface area contributed by atoms with Gasteiger partial charge < -0.3 is 10.6 Å². The topological polar surface area (TPSA) is 73.8 Å². The molecule has 0 fully saturated rings. The number of sulfonamides is 1. The van der Waals surface area contributed by atoms with Crippen LogP contribution in [-0.4, -0.2) is 51.6 Å². The molecule has 130 valence electrons. The van der Waals surface area contributed by atoms with E-state index in [4.69, 9.17) is 0 Å². The summed E-state index contributed by atoms with van der Waals surface area (Å²) in [5, 5.41) is 6.45. The quantitative estimate of drug-likeness (QED) is 0.425. The van der Waals surface area contributed by atoms with E-state index < -0.39 is 10.0 Å². The lowest BCUT2D eigenvalue weighted by Crippen LogP contribution is -2.38. The Morgan fingerprint density at radius 2 is 2.04 bits per heavy atom. The second kappa shape index (κ2) is 9.52. The largest absolute Gasteiger partial charge is 0.356 e. The molecule has 7 heteroatoms. The van der Waals surface area contributed by atoms with Gasteiger partial charge in [-0.3, -0.25) is 4.99 Å². The molecular formula is C16H28N4O2S. The second-order valence-electron chi connectivity index (χ2n) is 5.42. The molecule has 0 radical (unpaired) electrons. The van der Waals surface area contributed by atoms with Gasteiger partial charge in [0.2, 0.25) is 10.0 Å². The highest BCUT2D eigenvalue weighted by Crippen LogP contribution is 2.03. The van der Waals surface area contributed by atoms with E-state index in [1.54, 1.807) is 21.0 Å². The van der Waals surface area contributed by atoms with Gasteiger partial charge in [-0.25, -0.2) is 12.7 Å². The molecule has 0 unspecified atom stereocenters. The molecule has 0 saturated heterocycles. The monoisotopic (exact) mass is 340 g/mol. The number of hydrogen-bond acceptors (Lipinski definition) is 3. The zero-order chi connectivity index (χ0) is 17.3. The van der Waals surface area contributed by atoms with Crippen LogP contribution in [0.3, 0.4) is 0 Å². The predicted octanol–water partition coefficient (Wildman–Crippen LogP) is 1.33. The average Bonchev–Trinajstić information content (AvgIpc) is 2.54. The van der Waals surface area contributed by atoms with E-state index in [1.165, 1.54) is 15.4 Å². The SMILES string of the molecule is CCS(=O)(=O)N(C)CCCNC(=NC)NCc1cccc(C)c1. The van der Waals surface area contributed by atoms with Gasteiger partial charge >= 0.3 is 0 Å². The molecule has 0 aliphatic heterocycles. The van der Waals surface area contributed by atoms with Crippen molar-refractivity contribution in [1.82, 2.24) is 14.9 Å². The second-order valence-corrected chi connectivity index (χ2v) is 7.78. The van der Waals surface area contributed by atoms with Crippen LogP contribution in [-0.2, 0) is 16.6 Å². The Labute approximate surface area is 140 Å². The Morgan fingerprint density at radius 1 is 1.30 bits per heavy atom. The lowest BCUT2D eigenvalue weighted by atomic mass is 10.1. The molecule has 0 spiro atoms. The normalized spacial score (nSPS) is 12.5. The van der Waals surface area contributed by atoms with Crippen molar-refractivity contribution in [2.75, 3.05) is 32.9 Å². The first-order valence-corrected chi connectivity index (χ1v) is 9.44. The van der Waals surface area contributed by atoms with E-state index in [0.717, 1.165) is 6.42 Å². The van der Waals surface area contributed by atoms with E-state index in [2.05, 4.69) is 40.7 Å². The number of aliphatic imine (C=N–C) groups is 1. The molecule has 1 aromatic rings. The predicted molar refractivity (Wildman–Crippen MR) is 96.1 cm³/mol. The first-order chi connectivity index (χ1) is 10.9. The van der Waals surface area contributed by atoms with E-state index in [9.17, 15) is 8.42 Å². The fraction of sp³-hybridized carbons (Fsp3) is 0.562. The number of hydrogen-bond donors (Lipinski definition) is 2. The average molecular weight is 340 g/mol. The third kappa shape index (κ3) is 7.00. The molecule has 1 aromatic carbocycles. The van der Waals surface area contributed by atoms with Crippen LogP contribution >= 0.6 is 0 Å². The molecule has 0 aliphatic rings. The minimum Gasteiger partial charge on any atom is -0.356 e. The minimum atomic E-state index is -3.10. The van der Waals surface area contributed by atoms with Crippen LogP contribution in [0.5, 0.6) is 0 Å². The molecule has 6 nitrogen and oxygen atoms in total. The minimum absolute atomic E-state index is 0.136. The van der Waals surface area contributed by atoms with Crippen LogP contribution in [0.2, 0.25) is 0 Å². The van der Waals surface area contributed by atoms with Gasteiger partial charge in [0, 0.05) is 33.7 Å². The van der Waals surface area contributed by atoms with Gasteiger partial charge in [0.15, 0.2) is 5.96 Å². The molecule has 0 aliphatic carbocycles. The summed E-state index contributed by atoms with van der Waals surface area (Å²) in [5.41, 5.74) is 2.43. The summed E-state index contributed by atoms with van der Waals surface area (Å²) < 4.78 is 24.7. The Balaban J connectivity index is 2.32. The van der Waals surface area contributed by atoms with Gasteiger partial charge in [-0.1, -0.05) is 29.8 Å². The fourth-order valence-corrected chi connectivity index (χ4v) is 2.94. The molecule has 0 heterocycles. The van der Waals surface area contributed by atoms with Crippen LogP contribution in [0.1, 0.15) is 24.5 Å². The highest BCUT2D eigenvalue weighted by atomic mass is 32.2. The van der Waals surface area contributed by atoms with Crippen molar-refractivity contribution >= 4 is 16.0 Å². The van der Waals surface area contributed by atoms with Crippen LogP contribution in [0, 0.1) is 6.92 Å². The zero-order valence-electron chi connectivity index (χ0n) is 14.5. The summed E-state index contributed by atoms with van der Waals surface area (Å²) in [4.78, 5) is 4.17. The van der Waals surface area contributed by atoms with Gasteiger partial charge in [-0.2, -0.15) is 0 Å². The molecule has 0 aromatic heterocycles. The molecule has 23 heavy (non-hydrogen) atoms. The number of nitrogens with one attached hydrogen (secondary N) is 2. The summed E-state index contributed by atoms with van der Waals surface area (Å²) >= 11 is 0. The van der Waals surface area contributed by atoms with Crippen molar-refractivity contribution in [2.24, 2.45) is 4.99 Å². The molecule has 0 saturated carbocycles. The standard InChI is InChI=1S/C16H28N4O2S/c1-5-23(21,22)20(4)11-7-10-18-16(17-3)19-13-15-9-6-8-14(2)12-15/h6,8-9,12H,5,7,10-11,13H2,1-4H3,(H2,17,18,19). The molecule has 2 N–H and O–H groups in total. The Kier molecular flexibility index (Phi) is 8.05. The van der Waals surface area contributed by atoms with Gasteiger partial charge in [-0.15, -0.1) is 0 Å². The number of aryl methyl sites for hydroxylation is 1. The summed E-state index contributed by atoms with van der Waals surface area (Å²) in [6.45, 7) is 5.58. The maximum Gasteiger partial charge on any atom is 0.213 e. The number of rotatable bonds is 8. The van der Waals surface area contributed by atoms with Crippen molar-refractivity contribution in [2.45, 2.75) is 26.8 Å². The van der Waals surface area contributed by atoms with Gasteiger partial charge in [0.05, 0.1) is 5.75 Å². The van der Waals surface area contributed by atoms with E-state index >= 15 is 0 Å². The van der Waals surface area contributed by atoms with Crippen molar-refractivity contribution in [3.63, 3.8) is 0 Å². The Hall–Kier alpha value is -1.60. The molecule has 1 rings (SSSR count). The highest BCUT2D eigenvalue weighted by molar-refractivity contribution is 7.89. The van der Waals surface area contributed by atoms with Gasteiger partial charge in [0.1, 0.15) is 0 Å². The summed E-state index contributed by atoms with van der Waals surface area (Å²) in [6, 6.07) is 8.30. The smallest absolute Gasteiger partial charge is 0.213 e. The van der Waals surface area contributed by atoms with Crippen molar-refractivity contribution in [3.05, 3.63) is 35.4 Å². The number of guanidine groups is 1. The van der Waals surface area contributed by atoms with Crippen molar-refractivity contribution < 1.29 is 8.42 Å². The van der Waals surface area contributed by atoms with Crippen molar-refractivity contribution in [3.8, 4) is 0 Å². The third-order valence-corrected chi connectivity index (χ3v) is 5.41. The first kappa shape index (κ1) is 19.4. The summed E-state index contributed by atoms with van der Waals surface area (Å²) in [5.74, 6) is 0.851. The fourth-order valence-electron chi connectivity index (χ4n) is 2.10. The zero-order valence-corrected chi connectivity index (χ0v) is 15.3. The highest BCUT2D eigenvalue weighted by Gasteiger charge is 2.13. The van der Waals surface area contributed by atoms with Crippen LogP contribution in [0.4, 0.5) is 0 Å². The van der Waals surface area contributed by atoms with Crippen LogP contribution < -0.4 is 10.6 Å². The number of nitrogens with zero attached hydrogens (tertiary/aromatic N) is 2. The Bertz CT molecular complexity index is 614. The first-order valence-electron chi connectivity index (χ1n) is 7.83. The molecule has 0 amide bonds. The van der Waals surface area contributed by atoms with Crippen LogP contribution in [0.15, 0.2) is 29.3 Å². The van der Waals surface area contributed by atoms with E-state index in [1.807, 2.05) is 6.07 Å². The Morgan fingerprint density at radius 3 is 2.65 bits per heavy atom.